The van der Waals surface area contributed by atoms with Crippen molar-refractivity contribution in [3.63, 3.8) is 0 Å². The SMILES string of the molecule is CCCCCOC(=O)Cc1ccco1. The first-order chi connectivity index (χ1) is 6.83. The molecule has 0 atom stereocenters. The third kappa shape index (κ3) is 4.12. The quantitative estimate of drug-likeness (QED) is 0.518. The molecule has 1 heterocycles. The molecule has 1 rings (SSSR count). The predicted molar refractivity (Wildman–Crippen MR) is 52.9 cm³/mol. The van der Waals surface area contributed by atoms with Gasteiger partial charge in [0, 0.05) is 0 Å². The topological polar surface area (TPSA) is 39.4 Å². The first-order valence-electron chi connectivity index (χ1n) is 5.01. The van der Waals surface area contributed by atoms with E-state index in [1.165, 1.54) is 0 Å². The number of hydrogen-bond acceptors (Lipinski definition) is 3. The van der Waals surface area contributed by atoms with Gasteiger partial charge in [0.15, 0.2) is 0 Å². The number of hydrogen-bond donors (Lipinski definition) is 0. The summed E-state index contributed by atoms with van der Waals surface area (Å²) in [5, 5.41) is 0. The van der Waals surface area contributed by atoms with Crippen LogP contribution in [-0.2, 0) is 16.0 Å². The van der Waals surface area contributed by atoms with Gasteiger partial charge < -0.3 is 9.15 Å². The lowest BCUT2D eigenvalue weighted by atomic mass is 10.3. The molecule has 1 aromatic heterocycles. The Kier molecular flexibility index (Phi) is 4.83. The zero-order chi connectivity index (χ0) is 10.2. The monoisotopic (exact) mass is 196 g/mol. The Balaban J connectivity index is 2.11. The number of ether oxygens (including phenoxy) is 1. The summed E-state index contributed by atoms with van der Waals surface area (Å²) < 4.78 is 10.0. The van der Waals surface area contributed by atoms with Gasteiger partial charge in [-0.15, -0.1) is 0 Å². The molecule has 3 nitrogen and oxygen atoms in total. The number of carbonyl (C=O) groups is 1. The Labute approximate surface area is 84.1 Å². The minimum Gasteiger partial charge on any atom is -0.469 e. The fourth-order valence-corrected chi connectivity index (χ4v) is 1.14. The third-order valence-electron chi connectivity index (χ3n) is 1.91. The van der Waals surface area contributed by atoms with E-state index in [0.717, 1.165) is 19.3 Å². The second kappa shape index (κ2) is 6.24. The molecule has 0 amide bonds. The van der Waals surface area contributed by atoms with Crippen molar-refractivity contribution in [2.45, 2.75) is 32.6 Å². The normalized spacial score (nSPS) is 10.1. The maximum Gasteiger partial charge on any atom is 0.313 e. The van der Waals surface area contributed by atoms with Crippen molar-refractivity contribution in [2.75, 3.05) is 6.61 Å². The molecule has 14 heavy (non-hydrogen) atoms. The molecule has 78 valence electrons. The minimum atomic E-state index is -0.212. The van der Waals surface area contributed by atoms with Crippen LogP contribution in [0.2, 0.25) is 0 Å². The molecule has 0 aliphatic carbocycles. The number of rotatable bonds is 6. The van der Waals surface area contributed by atoms with Crippen LogP contribution < -0.4 is 0 Å². The summed E-state index contributed by atoms with van der Waals surface area (Å²) in [6.45, 7) is 2.64. The molecule has 0 unspecified atom stereocenters. The van der Waals surface area contributed by atoms with E-state index < -0.39 is 0 Å². The molecule has 0 fully saturated rings. The largest absolute Gasteiger partial charge is 0.469 e. The van der Waals surface area contributed by atoms with E-state index in [-0.39, 0.29) is 12.4 Å². The van der Waals surface area contributed by atoms with E-state index in [4.69, 9.17) is 9.15 Å². The fraction of sp³-hybridized carbons (Fsp3) is 0.545. The Morgan fingerprint density at radius 2 is 2.36 bits per heavy atom. The van der Waals surface area contributed by atoms with Gasteiger partial charge in [-0.25, -0.2) is 0 Å². The van der Waals surface area contributed by atoms with Gasteiger partial charge in [0.2, 0.25) is 0 Å². The summed E-state index contributed by atoms with van der Waals surface area (Å²) in [6, 6.07) is 3.53. The van der Waals surface area contributed by atoms with Gasteiger partial charge in [-0.2, -0.15) is 0 Å². The second-order valence-corrected chi connectivity index (χ2v) is 3.18. The average molecular weight is 196 g/mol. The molecule has 0 aliphatic heterocycles. The summed E-state index contributed by atoms with van der Waals surface area (Å²) in [6.07, 6.45) is 4.98. The highest BCUT2D eigenvalue weighted by molar-refractivity contribution is 5.71. The van der Waals surface area contributed by atoms with Crippen LogP contribution in [0, 0.1) is 0 Å². The smallest absolute Gasteiger partial charge is 0.313 e. The summed E-state index contributed by atoms with van der Waals surface area (Å²) >= 11 is 0. The molecule has 0 saturated carbocycles. The van der Waals surface area contributed by atoms with E-state index in [2.05, 4.69) is 6.92 Å². The molecule has 0 bridgehead atoms. The van der Waals surface area contributed by atoms with Crippen molar-refractivity contribution in [1.29, 1.82) is 0 Å². The Bertz CT molecular complexity index is 252. The zero-order valence-corrected chi connectivity index (χ0v) is 8.49. The van der Waals surface area contributed by atoms with Gasteiger partial charge in [0.1, 0.15) is 12.2 Å². The van der Waals surface area contributed by atoms with Gasteiger partial charge in [0.05, 0.1) is 12.9 Å². The maximum absolute atomic E-state index is 11.2. The standard InChI is InChI=1S/C11H16O3/c1-2-3-4-7-14-11(12)9-10-6-5-8-13-10/h5-6,8H,2-4,7,9H2,1H3. The zero-order valence-electron chi connectivity index (χ0n) is 8.49. The van der Waals surface area contributed by atoms with Gasteiger partial charge >= 0.3 is 5.97 Å². The number of esters is 1. The van der Waals surface area contributed by atoms with Gasteiger partial charge in [-0.3, -0.25) is 4.79 Å². The van der Waals surface area contributed by atoms with Crippen molar-refractivity contribution < 1.29 is 13.9 Å². The Hall–Kier alpha value is -1.25. The molecular formula is C11H16O3. The van der Waals surface area contributed by atoms with E-state index in [0.29, 0.717) is 12.4 Å². The Morgan fingerprint density at radius 1 is 1.50 bits per heavy atom. The number of carbonyl (C=O) groups excluding carboxylic acids is 1. The molecule has 0 N–H and O–H groups in total. The van der Waals surface area contributed by atoms with E-state index in [9.17, 15) is 4.79 Å². The highest BCUT2D eigenvalue weighted by Gasteiger charge is 2.05. The molecular weight excluding hydrogens is 180 g/mol. The molecule has 0 aromatic carbocycles. The van der Waals surface area contributed by atoms with E-state index in [1.54, 1.807) is 18.4 Å². The van der Waals surface area contributed by atoms with Crippen molar-refractivity contribution in [3.8, 4) is 0 Å². The van der Waals surface area contributed by atoms with Crippen LogP contribution in [0.5, 0.6) is 0 Å². The lowest BCUT2D eigenvalue weighted by Gasteiger charge is -2.02. The van der Waals surface area contributed by atoms with E-state index in [1.807, 2.05) is 0 Å². The van der Waals surface area contributed by atoms with Crippen molar-refractivity contribution >= 4 is 5.97 Å². The van der Waals surface area contributed by atoms with Crippen LogP contribution in [0.1, 0.15) is 31.9 Å². The second-order valence-electron chi connectivity index (χ2n) is 3.18. The third-order valence-corrected chi connectivity index (χ3v) is 1.91. The van der Waals surface area contributed by atoms with Crippen LogP contribution >= 0.6 is 0 Å². The van der Waals surface area contributed by atoms with E-state index >= 15 is 0 Å². The molecule has 0 saturated heterocycles. The van der Waals surface area contributed by atoms with Crippen LogP contribution in [-0.4, -0.2) is 12.6 Å². The van der Waals surface area contributed by atoms with Gasteiger partial charge in [0.25, 0.3) is 0 Å². The molecule has 0 spiro atoms. The molecule has 0 radical (unpaired) electrons. The first-order valence-corrected chi connectivity index (χ1v) is 5.01. The highest BCUT2D eigenvalue weighted by atomic mass is 16.5. The summed E-state index contributed by atoms with van der Waals surface area (Å²) in [7, 11) is 0. The fourth-order valence-electron chi connectivity index (χ4n) is 1.14. The number of furan rings is 1. The lowest BCUT2D eigenvalue weighted by Crippen LogP contribution is -2.08. The van der Waals surface area contributed by atoms with Crippen molar-refractivity contribution in [2.24, 2.45) is 0 Å². The first kappa shape index (κ1) is 10.8. The number of unbranched alkanes of at least 4 members (excludes halogenated alkanes) is 2. The van der Waals surface area contributed by atoms with Gasteiger partial charge in [-0.05, 0) is 18.6 Å². The predicted octanol–water partition coefficient (Wildman–Crippen LogP) is 2.56. The summed E-state index contributed by atoms with van der Waals surface area (Å²) in [4.78, 5) is 11.2. The van der Waals surface area contributed by atoms with Crippen molar-refractivity contribution in [3.05, 3.63) is 24.2 Å². The van der Waals surface area contributed by atoms with Gasteiger partial charge in [-0.1, -0.05) is 19.8 Å². The summed E-state index contributed by atoms with van der Waals surface area (Å²) in [5.74, 6) is 0.446. The van der Waals surface area contributed by atoms with Crippen LogP contribution in [0.4, 0.5) is 0 Å². The molecule has 3 heteroatoms. The Morgan fingerprint density at radius 3 is 3.00 bits per heavy atom. The highest BCUT2D eigenvalue weighted by Crippen LogP contribution is 2.02. The average Bonchev–Trinajstić information content (AvgIpc) is 2.65. The summed E-state index contributed by atoms with van der Waals surface area (Å²) in [5.41, 5.74) is 0. The van der Waals surface area contributed by atoms with Crippen LogP contribution in [0.15, 0.2) is 22.8 Å². The molecule has 1 aromatic rings. The van der Waals surface area contributed by atoms with Crippen LogP contribution in [0.3, 0.4) is 0 Å². The van der Waals surface area contributed by atoms with Crippen molar-refractivity contribution in [1.82, 2.24) is 0 Å². The maximum atomic E-state index is 11.2. The van der Waals surface area contributed by atoms with Crippen LogP contribution in [0.25, 0.3) is 0 Å². The lowest BCUT2D eigenvalue weighted by molar-refractivity contribution is -0.143. The molecule has 0 aliphatic rings. The minimum absolute atomic E-state index is 0.212.